The average Bonchev–Trinajstić information content (AvgIpc) is 2.88. The number of amides is 1. The summed E-state index contributed by atoms with van der Waals surface area (Å²) >= 11 is 11.6. The van der Waals surface area contributed by atoms with Crippen LogP contribution < -0.4 is 15.1 Å². The molecule has 12 nitrogen and oxygen atoms in total. The summed E-state index contributed by atoms with van der Waals surface area (Å²) in [6, 6.07) is 8.72. The van der Waals surface area contributed by atoms with Crippen LogP contribution in [0, 0.1) is 20.2 Å². The lowest BCUT2D eigenvalue weighted by atomic mass is 10.1. The fraction of sp³-hybridized carbons (Fsp3) is 0.364. The fourth-order valence-corrected chi connectivity index (χ4v) is 4.72. The Morgan fingerprint density at radius 2 is 1.56 bits per heavy atom. The third-order valence-electron chi connectivity index (χ3n) is 6.06. The van der Waals surface area contributed by atoms with Crippen LogP contribution in [-0.2, 0) is 4.74 Å². The second kappa shape index (κ2) is 11.0. The Kier molecular flexibility index (Phi) is 7.82. The van der Waals surface area contributed by atoms with Gasteiger partial charge in [0.25, 0.3) is 17.3 Å². The number of ether oxygens (including phenoxy) is 1. The van der Waals surface area contributed by atoms with Crippen LogP contribution in [0.15, 0.2) is 36.4 Å². The zero-order chi connectivity index (χ0) is 25.8. The van der Waals surface area contributed by atoms with Gasteiger partial charge in [0.2, 0.25) is 0 Å². The molecule has 2 aliphatic heterocycles. The molecule has 0 aliphatic carbocycles. The van der Waals surface area contributed by atoms with E-state index in [-0.39, 0.29) is 27.1 Å². The number of hydrogen-bond acceptors (Lipinski definition) is 9. The highest BCUT2D eigenvalue weighted by Gasteiger charge is 2.26. The van der Waals surface area contributed by atoms with E-state index in [9.17, 15) is 25.0 Å². The van der Waals surface area contributed by atoms with Gasteiger partial charge in [-0.3, -0.25) is 30.3 Å². The lowest BCUT2D eigenvalue weighted by molar-refractivity contribution is -0.384. The number of morpholine rings is 1. The van der Waals surface area contributed by atoms with E-state index in [1.165, 1.54) is 18.2 Å². The van der Waals surface area contributed by atoms with E-state index in [0.29, 0.717) is 63.9 Å². The van der Waals surface area contributed by atoms with E-state index >= 15 is 0 Å². The topological polar surface area (TPSA) is 134 Å². The van der Waals surface area contributed by atoms with E-state index in [0.717, 1.165) is 0 Å². The highest BCUT2D eigenvalue weighted by molar-refractivity contribution is 7.80. The zero-order valence-electron chi connectivity index (χ0n) is 19.1. The molecule has 2 aromatic carbocycles. The maximum Gasteiger partial charge on any atom is 0.293 e. The van der Waals surface area contributed by atoms with Gasteiger partial charge in [-0.25, -0.2) is 0 Å². The molecule has 14 heteroatoms. The predicted molar refractivity (Wildman–Crippen MR) is 138 cm³/mol. The fourth-order valence-electron chi connectivity index (χ4n) is 4.15. The normalized spacial score (nSPS) is 16.0. The summed E-state index contributed by atoms with van der Waals surface area (Å²) in [6.07, 6.45) is 0. The number of anilines is 2. The van der Waals surface area contributed by atoms with Crippen molar-refractivity contribution >= 4 is 57.6 Å². The second-order valence-corrected chi connectivity index (χ2v) is 8.98. The molecule has 0 aromatic heterocycles. The van der Waals surface area contributed by atoms with Gasteiger partial charge in [-0.15, -0.1) is 0 Å². The minimum absolute atomic E-state index is 0.0792. The number of carbonyl (C=O) groups is 1. The third-order valence-corrected chi connectivity index (χ3v) is 6.72. The number of halogens is 1. The van der Waals surface area contributed by atoms with Crippen LogP contribution in [-0.4, -0.2) is 78.2 Å². The van der Waals surface area contributed by atoms with Crippen molar-refractivity contribution in [3.05, 3.63) is 67.2 Å². The molecule has 4 rings (SSSR count). The van der Waals surface area contributed by atoms with Crippen LogP contribution in [0.25, 0.3) is 0 Å². The van der Waals surface area contributed by atoms with Crippen molar-refractivity contribution in [1.29, 1.82) is 0 Å². The van der Waals surface area contributed by atoms with E-state index in [2.05, 4.69) is 5.32 Å². The number of rotatable bonds is 5. The number of benzene rings is 2. The summed E-state index contributed by atoms with van der Waals surface area (Å²) in [6.45, 7) is 4.08. The van der Waals surface area contributed by atoms with Crippen molar-refractivity contribution in [2.75, 3.05) is 62.3 Å². The Labute approximate surface area is 216 Å². The minimum Gasteiger partial charge on any atom is -0.378 e. The number of nitro benzene ring substituents is 2. The SMILES string of the molecule is O=C(NC(=S)N1CCN(c2ccc([N+](=O)[O-])cc2Cl)CC1)c1ccc(N2CCOCC2)c([N+](=O)[O-])c1. The lowest BCUT2D eigenvalue weighted by Gasteiger charge is -2.37. The molecule has 0 radical (unpaired) electrons. The van der Waals surface area contributed by atoms with Gasteiger partial charge in [-0.05, 0) is 30.4 Å². The average molecular weight is 535 g/mol. The highest BCUT2D eigenvalue weighted by atomic mass is 35.5. The van der Waals surface area contributed by atoms with Crippen molar-refractivity contribution in [3.8, 4) is 0 Å². The molecule has 0 bridgehead atoms. The Morgan fingerprint density at radius 1 is 0.917 bits per heavy atom. The molecule has 2 aromatic rings. The molecular formula is C22H23ClN6O6S. The quantitative estimate of drug-likeness (QED) is 0.346. The number of piperazine rings is 1. The van der Waals surface area contributed by atoms with Crippen LogP contribution in [0.5, 0.6) is 0 Å². The summed E-state index contributed by atoms with van der Waals surface area (Å²) in [4.78, 5) is 40.1. The van der Waals surface area contributed by atoms with Crippen LogP contribution >= 0.6 is 23.8 Å². The van der Waals surface area contributed by atoms with Gasteiger partial charge in [0, 0.05) is 63.0 Å². The molecular weight excluding hydrogens is 512 g/mol. The largest absolute Gasteiger partial charge is 0.378 e. The number of thiocarbonyl (C=S) groups is 1. The first-order valence-corrected chi connectivity index (χ1v) is 11.9. The molecule has 2 saturated heterocycles. The van der Waals surface area contributed by atoms with Gasteiger partial charge in [-0.2, -0.15) is 0 Å². The van der Waals surface area contributed by atoms with Crippen molar-refractivity contribution < 1.29 is 19.4 Å². The number of nitro groups is 2. The highest BCUT2D eigenvalue weighted by Crippen LogP contribution is 2.31. The number of non-ortho nitro benzene ring substituents is 1. The molecule has 0 unspecified atom stereocenters. The van der Waals surface area contributed by atoms with E-state index < -0.39 is 15.8 Å². The Bertz CT molecular complexity index is 1200. The molecule has 0 saturated carbocycles. The van der Waals surface area contributed by atoms with Crippen LogP contribution in [0.2, 0.25) is 5.02 Å². The van der Waals surface area contributed by atoms with E-state index in [1.54, 1.807) is 18.2 Å². The molecule has 2 heterocycles. The molecule has 36 heavy (non-hydrogen) atoms. The Morgan fingerprint density at radius 3 is 2.17 bits per heavy atom. The molecule has 2 aliphatic rings. The summed E-state index contributed by atoms with van der Waals surface area (Å²) in [5, 5.41) is 25.8. The molecule has 190 valence electrons. The smallest absolute Gasteiger partial charge is 0.293 e. The summed E-state index contributed by atoms with van der Waals surface area (Å²) in [5.74, 6) is -0.530. The third kappa shape index (κ3) is 5.64. The van der Waals surface area contributed by atoms with Gasteiger partial charge in [0.1, 0.15) is 5.69 Å². The van der Waals surface area contributed by atoms with Gasteiger partial charge >= 0.3 is 0 Å². The molecule has 2 fully saturated rings. The van der Waals surface area contributed by atoms with Crippen molar-refractivity contribution in [2.24, 2.45) is 0 Å². The van der Waals surface area contributed by atoms with Gasteiger partial charge in [-0.1, -0.05) is 11.6 Å². The molecule has 0 atom stereocenters. The van der Waals surface area contributed by atoms with Crippen molar-refractivity contribution in [3.63, 3.8) is 0 Å². The standard InChI is InChI=1S/C22H23ClN6O6S/c23-17-14-16(28(31)32)2-4-18(17)25-5-7-27(8-6-25)22(36)24-21(30)15-1-3-19(20(13-15)29(33)34)26-9-11-35-12-10-26/h1-4,13-14H,5-12H2,(H,24,30,36). The van der Waals surface area contributed by atoms with Crippen molar-refractivity contribution in [2.45, 2.75) is 0 Å². The summed E-state index contributed by atoms with van der Waals surface area (Å²) < 4.78 is 5.31. The summed E-state index contributed by atoms with van der Waals surface area (Å²) in [7, 11) is 0. The minimum atomic E-state index is -0.530. The van der Waals surface area contributed by atoms with E-state index in [4.69, 9.17) is 28.6 Å². The maximum absolute atomic E-state index is 12.8. The van der Waals surface area contributed by atoms with Gasteiger partial charge in [0.05, 0.1) is 33.8 Å². The monoisotopic (exact) mass is 534 g/mol. The predicted octanol–water partition coefficient (Wildman–Crippen LogP) is 2.83. The molecule has 1 amide bonds. The molecule has 0 spiro atoms. The van der Waals surface area contributed by atoms with Crippen LogP contribution in [0.4, 0.5) is 22.7 Å². The number of hydrogen-bond donors (Lipinski definition) is 1. The number of nitrogens with zero attached hydrogens (tertiary/aromatic N) is 5. The van der Waals surface area contributed by atoms with Crippen LogP contribution in [0.3, 0.4) is 0 Å². The maximum atomic E-state index is 12.8. The van der Waals surface area contributed by atoms with Crippen LogP contribution in [0.1, 0.15) is 10.4 Å². The first-order valence-electron chi connectivity index (χ1n) is 11.1. The number of nitrogens with one attached hydrogen (secondary N) is 1. The van der Waals surface area contributed by atoms with Gasteiger partial charge in [0.15, 0.2) is 5.11 Å². The molecule has 1 N–H and O–H groups in total. The Hall–Kier alpha value is -3.55. The Balaban J connectivity index is 1.37. The van der Waals surface area contributed by atoms with Gasteiger partial charge < -0.3 is 19.4 Å². The first-order chi connectivity index (χ1) is 17.2. The number of carbonyl (C=O) groups excluding carboxylic acids is 1. The first kappa shape index (κ1) is 25.5. The zero-order valence-corrected chi connectivity index (χ0v) is 20.7. The lowest BCUT2D eigenvalue weighted by Crippen LogP contribution is -2.52. The van der Waals surface area contributed by atoms with Crippen molar-refractivity contribution in [1.82, 2.24) is 10.2 Å². The summed E-state index contributed by atoms with van der Waals surface area (Å²) in [5.41, 5.74) is 1.04. The van der Waals surface area contributed by atoms with E-state index in [1.807, 2.05) is 14.7 Å². The second-order valence-electron chi connectivity index (χ2n) is 8.19.